The van der Waals surface area contributed by atoms with Crippen molar-refractivity contribution in [1.82, 2.24) is 0 Å². The van der Waals surface area contributed by atoms with Crippen LogP contribution in [0.15, 0.2) is 12.1 Å². The van der Waals surface area contributed by atoms with Gasteiger partial charge in [-0.25, -0.2) is 8.78 Å². The Morgan fingerprint density at radius 1 is 1.33 bits per heavy atom. The number of carbonyl (C=O) groups excluding carboxylic acids is 1. The van der Waals surface area contributed by atoms with Gasteiger partial charge in [-0.05, 0) is 12.1 Å². The molecule has 60 valence electrons. The van der Waals surface area contributed by atoms with E-state index in [1.165, 1.54) is 0 Å². The lowest BCUT2D eigenvalue weighted by atomic mass is 10.1. The standard InChI is InChI=1S/C8H3F2NO/c9-7-1-5(3-11)2-8(10)6(7)4-12/h1-2,4H. The van der Waals surface area contributed by atoms with E-state index in [9.17, 15) is 13.6 Å². The van der Waals surface area contributed by atoms with Crippen molar-refractivity contribution in [2.45, 2.75) is 0 Å². The highest BCUT2D eigenvalue weighted by Gasteiger charge is 2.09. The first-order chi connectivity index (χ1) is 5.69. The van der Waals surface area contributed by atoms with Gasteiger partial charge in [0, 0.05) is 0 Å². The maximum absolute atomic E-state index is 12.7. The van der Waals surface area contributed by atoms with Gasteiger partial charge >= 0.3 is 0 Å². The van der Waals surface area contributed by atoms with Crippen molar-refractivity contribution < 1.29 is 13.6 Å². The fourth-order valence-corrected chi connectivity index (χ4v) is 0.761. The highest BCUT2D eigenvalue weighted by Crippen LogP contribution is 2.12. The maximum atomic E-state index is 12.7. The summed E-state index contributed by atoms with van der Waals surface area (Å²) in [7, 11) is 0. The van der Waals surface area contributed by atoms with E-state index in [4.69, 9.17) is 5.26 Å². The van der Waals surface area contributed by atoms with Crippen molar-refractivity contribution in [1.29, 1.82) is 5.26 Å². The largest absolute Gasteiger partial charge is 0.298 e. The van der Waals surface area contributed by atoms with E-state index in [-0.39, 0.29) is 11.8 Å². The van der Waals surface area contributed by atoms with Gasteiger partial charge in [0.25, 0.3) is 0 Å². The van der Waals surface area contributed by atoms with E-state index in [0.717, 1.165) is 12.1 Å². The average molecular weight is 167 g/mol. The Balaban J connectivity index is 3.39. The summed E-state index contributed by atoms with van der Waals surface area (Å²) in [6, 6.07) is 3.19. The summed E-state index contributed by atoms with van der Waals surface area (Å²) in [6.45, 7) is 0. The lowest BCUT2D eigenvalue weighted by Gasteiger charge is -1.96. The van der Waals surface area contributed by atoms with Gasteiger partial charge in [0.2, 0.25) is 0 Å². The van der Waals surface area contributed by atoms with Crippen molar-refractivity contribution in [2.24, 2.45) is 0 Å². The normalized spacial score (nSPS) is 9.08. The lowest BCUT2D eigenvalue weighted by Crippen LogP contribution is -1.94. The van der Waals surface area contributed by atoms with E-state index in [1.54, 1.807) is 6.07 Å². The minimum absolute atomic E-state index is 0.0752. The van der Waals surface area contributed by atoms with Crippen LogP contribution in [0.4, 0.5) is 8.78 Å². The lowest BCUT2D eigenvalue weighted by molar-refractivity contribution is 0.111. The molecule has 0 bridgehead atoms. The zero-order chi connectivity index (χ0) is 9.14. The van der Waals surface area contributed by atoms with Crippen LogP contribution in [0, 0.1) is 23.0 Å². The number of halogens is 2. The van der Waals surface area contributed by atoms with Crippen LogP contribution in [0.5, 0.6) is 0 Å². The molecule has 1 rings (SSSR count). The third-order valence-corrected chi connectivity index (χ3v) is 1.33. The second-order valence-electron chi connectivity index (χ2n) is 2.08. The van der Waals surface area contributed by atoms with Gasteiger partial charge in [-0.15, -0.1) is 0 Å². The molecule has 0 saturated heterocycles. The smallest absolute Gasteiger partial charge is 0.155 e. The third kappa shape index (κ3) is 1.30. The zero-order valence-electron chi connectivity index (χ0n) is 5.84. The van der Waals surface area contributed by atoms with E-state index in [0.29, 0.717) is 0 Å². The van der Waals surface area contributed by atoms with Crippen LogP contribution < -0.4 is 0 Å². The first-order valence-electron chi connectivity index (χ1n) is 3.03. The molecule has 0 spiro atoms. The first-order valence-corrected chi connectivity index (χ1v) is 3.03. The highest BCUT2D eigenvalue weighted by atomic mass is 19.1. The molecule has 0 aliphatic carbocycles. The van der Waals surface area contributed by atoms with Gasteiger partial charge in [0.1, 0.15) is 11.6 Å². The Kier molecular flexibility index (Phi) is 2.15. The van der Waals surface area contributed by atoms with Crippen LogP contribution in [0.3, 0.4) is 0 Å². The zero-order valence-corrected chi connectivity index (χ0v) is 5.84. The van der Waals surface area contributed by atoms with E-state index < -0.39 is 17.2 Å². The molecule has 1 aromatic rings. The number of benzene rings is 1. The number of hydrogen-bond donors (Lipinski definition) is 0. The molecule has 1 aromatic carbocycles. The summed E-state index contributed by atoms with van der Waals surface area (Å²) in [5.74, 6) is -2.02. The van der Waals surface area contributed by atoms with Crippen LogP contribution in [-0.4, -0.2) is 6.29 Å². The Morgan fingerprint density at radius 3 is 2.17 bits per heavy atom. The van der Waals surface area contributed by atoms with Crippen molar-refractivity contribution in [3.63, 3.8) is 0 Å². The summed E-state index contributed by atoms with van der Waals surface area (Å²) < 4.78 is 25.4. The van der Waals surface area contributed by atoms with Crippen LogP contribution in [-0.2, 0) is 0 Å². The molecule has 0 radical (unpaired) electrons. The molecule has 0 fully saturated rings. The Labute approximate surface area is 67.0 Å². The predicted molar refractivity (Wildman–Crippen MR) is 36.5 cm³/mol. The summed E-state index contributed by atoms with van der Waals surface area (Å²) in [6.07, 6.45) is 0.0752. The van der Waals surface area contributed by atoms with Crippen molar-refractivity contribution in [3.8, 4) is 6.07 Å². The van der Waals surface area contributed by atoms with Crippen LogP contribution in [0.25, 0.3) is 0 Å². The molecule has 0 aromatic heterocycles. The summed E-state index contributed by atoms with van der Waals surface area (Å²) in [4.78, 5) is 10.1. The third-order valence-electron chi connectivity index (χ3n) is 1.33. The monoisotopic (exact) mass is 167 g/mol. The molecule has 0 atom stereocenters. The molecular weight excluding hydrogens is 164 g/mol. The SMILES string of the molecule is N#Cc1cc(F)c(C=O)c(F)c1. The summed E-state index contributed by atoms with van der Waals surface area (Å²) in [5.41, 5.74) is -0.787. The molecule has 4 heteroatoms. The summed E-state index contributed by atoms with van der Waals surface area (Å²) >= 11 is 0. The molecule has 0 unspecified atom stereocenters. The van der Waals surface area contributed by atoms with E-state index in [1.807, 2.05) is 0 Å². The van der Waals surface area contributed by atoms with Crippen molar-refractivity contribution in [3.05, 3.63) is 34.9 Å². The van der Waals surface area contributed by atoms with E-state index >= 15 is 0 Å². The fourth-order valence-electron chi connectivity index (χ4n) is 0.761. The molecule has 0 amide bonds. The molecule has 0 saturated carbocycles. The highest BCUT2D eigenvalue weighted by molar-refractivity contribution is 5.75. The topological polar surface area (TPSA) is 40.9 Å². The molecule has 2 nitrogen and oxygen atoms in total. The van der Waals surface area contributed by atoms with Gasteiger partial charge in [-0.3, -0.25) is 4.79 Å². The van der Waals surface area contributed by atoms with Crippen LogP contribution in [0.1, 0.15) is 15.9 Å². The first kappa shape index (κ1) is 8.34. The fraction of sp³-hybridized carbons (Fsp3) is 0. The molecular formula is C8H3F2NO. The molecule has 0 aliphatic rings. The Morgan fingerprint density at radius 2 is 1.83 bits per heavy atom. The molecule has 0 aliphatic heterocycles. The number of nitriles is 1. The van der Waals surface area contributed by atoms with Gasteiger partial charge in [0.05, 0.1) is 17.2 Å². The second kappa shape index (κ2) is 3.09. The molecule has 0 heterocycles. The number of rotatable bonds is 1. The average Bonchev–Trinajstić information content (AvgIpc) is 2.03. The Bertz CT molecular complexity index is 345. The second-order valence-corrected chi connectivity index (χ2v) is 2.08. The molecule has 12 heavy (non-hydrogen) atoms. The minimum atomic E-state index is -1.01. The van der Waals surface area contributed by atoms with Crippen molar-refractivity contribution >= 4 is 6.29 Å². The maximum Gasteiger partial charge on any atom is 0.155 e. The predicted octanol–water partition coefficient (Wildman–Crippen LogP) is 1.65. The van der Waals surface area contributed by atoms with Gasteiger partial charge in [-0.1, -0.05) is 0 Å². The number of aldehydes is 1. The number of carbonyl (C=O) groups is 1. The minimum Gasteiger partial charge on any atom is -0.298 e. The number of nitrogens with zero attached hydrogens (tertiary/aromatic N) is 1. The quantitative estimate of drug-likeness (QED) is 0.596. The van der Waals surface area contributed by atoms with Gasteiger partial charge < -0.3 is 0 Å². The number of hydrogen-bond acceptors (Lipinski definition) is 2. The molecule has 0 N–H and O–H groups in total. The van der Waals surface area contributed by atoms with Gasteiger partial charge in [0.15, 0.2) is 6.29 Å². The summed E-state index contributed by atoms with van der Waals surface area (Å²) in [5, 5.41) is 8.28. The Hall–Kier alpha value is -1.76. The van der Waals surface area contributed by atoms with Crippen LogP contribution in [0.2, 0.25) is 0 Å². The van der Waals surface area contributed by atoms with E-state index in [2.05, 4.69) is 0 Å². The van der Waals surface area contributed by atoms with Crippen molar-refractivity contribution in [2.75, 3.05) is 0 Å². The van der Waals surface area contributed by atoms with Crippen LogP contribution >= 0.6 is 0 Å². The van der Waals surface area contributed by atoms with Gasteiger partial charge in [-0.2, -0.15) is 5.26 Å².